The lowest BCUT2D eigenvalue weighted by Gasteiger charge is -2.10. The van der Waals surface area contributed by atoms with E-state index in [9.17, 15) is 13.2 Å². The molecule has 0 aliphatic heterocycles. The quantitative estimate of drug-likeness (QED) is 0.738. The van der Waals surface area contributed by atoms with Crippen molar-refractivity contribution in [1.29, 1.82) is 0 Å². The van der Waals surface area contributed by atoms with Crippen molar-refractivity contribution >= 4 is 11.6 Å². The Bertz CT molecular complexity index is 608. The van der Waals surface area contributed by atoms with E-state index in [2.05, 4.69) is 4.98 Å². The van der Waals surface area contributed by atoms with Crippen LogP contribution in [0.5, 0.6) is 0 Å². The Balaban J connectivity index is 2.39. The van der Waals surface area contributed by atoms with E-state index in [0.717, 1.165) is 23.4 Å². The van der Waals surface area contributed by atoms with Gasteiger partial charge >= 0.3 is 6.18 Å². The van der Waals surface area contributed by atoms with Gasteiger partial charge in [0.25, 0.3) is 0 Å². The van der Waals surface area contributed by atoms with Crippen molar-refractivity contribution < 1.29 is 13.2 Å². The highest BCUT2D eigenvalue weighted by atomic mass is 35.5. The van der Waals surface area contributed by atoms with Crippen LogP contribution in [0.2, 0.25) is 0 Å². The minimum Gasteiger partial charge on any atom is -0.253 e. The Labute approximate surface area is 120 Å². The van der Waals surface area contributed by atoms with Crippen LogP contribution in [0.4, 0.5) is 13.2 Å². The third kappa shape index (κ3) is 3.31. The third-order valence-corrected chi connectivity index (χ3v) is 3.23. The summed E-state index contributed by atoms with van der Waals surface area (Å²) in [6, 6.07) is 8.77. The average molecular weight is 300 g/mol. The summed E-state index contributed by atoms with van der Waals surface area (Å²) in [7, 11) is 0. The predicted molar refractivity (Wildman–Crippen MR) is 73.8 cm³/mol. The highest BCUT2D eigenvalue weighted by Crippen LogP contribution is 2.31. The summed E-state index contributed by atoms with van der Waals surface area (Å²) in [5.41, 5.74) is 2.13. The maximum atomic E-state index is 12.7. The van der Waals surface area contributed by atoms with Crippen LogP contribution in [-0.2, 0) is 12.6 Å². The second-order valence-electron chi connectivity index (χ2n) is 4.46. The van der Waals surface area contributed by atoms with E-state index >= 15 is 0 Å². The normalized spacial score (nSPS) is 11.7. The van der Waals surface area contributed by atoms with Crippen LogP contribution in [0, 0.1) is 6.92 Å². The van der Waals surface area contributed by atoms with Crippen molar-refractivity contribution in [3.8, 4) is 11.3 Å². The molecule has 0 saturated heterocycles. The molecule has 2 aromatic rings. The highest BCUT2D eigenvalue weighted by Gasteiger charge is 2.30. The Hall–Kier alpha value is -1.55. The largest absolute Gasteiger partial charge is 0.416 e. The molecule has 0 amide bonds. The number of benzene rings is 1. The van der Waals surface area contributed by atoms with E-state index < -0.39 is 11.7 Å². The summed E-state index contributed by atoms with van der Waals surface area (Å²) in [4.78, 5) is 4.36. The molecule has 0 spiro atoms. The molecule has 1 aromatic heterocycles. The summed E-state index contributed by atoms with van der Waals surface area (Å²) in [5.74, 6) is 0.491. The number of nitrogens with zero attached hydrogens (tertiary/aromatic N) is 1. The Morgan fingerprint density at radius 1 is 1.15 bits per heavy atom. The minimum absolute atomic E-state index is 0.459. The number of pyridine rings is 1. The zero-order valence-electron chi connectivity index (χ0n) is 10.8. The lowest BCUT2D eigenvalue weighted by molar-refractivity contribution is -0.137. The minimum atomic E-state index is -4.34. The SMILES string of the molecule is Cc1nc(-c2cccc(C(F)(F)F)c2)ccc1CCCl. The van der Waals surface area contributed by atoms with E-state index in [1.165, 1.54) is 6.07 Å². The first-order valence-electron chi connectivity index (χ1n) is 6.12. The van der Waals surface area contributed by atoms with Gasteiger partial charge in [-0.1, -0.05) is 18.2 Å². The first kappa shape index (κ1) is 14.9. The van der Waals surface area contributed by atoms with Crippen LogP contribution in [0.1, 0.15) is 16.8 Å². The molecule has 0 bridgehead atoms. The molecule has 1 aromatic carbocycles. The number of hydrogen-bond donors (Lipinski definition) is 0. The van der Waals surface area contributed by atoms with Crippen molar-refractivity contribution in [2.24, 2.45) is 0 Å². The Morgan fingerprint density at radius 2 is 1.90 bits per heavy atom. The number of aromatic nitrogens is 1. The van der Waals surface area contributed by atoms with Gasteiger partial charge in [-0.2, -0.15) is 13.2 Å². The molecule has 20 heavy (non-hydrogen) atoms. The fourth-order valence-corrected chi connectivity index (χ4v) is 2.18. The summed E-state index contributed by atoms with van der Waals surface area (Å²) < 4.78 is 38.1. The molecular weight excluding hydrogens is 287 g/mol. The second-order valence-corrected chi connectivity index (χ2v) is 4.84. The Kier molecular flexibility index (Phi) is 4.33. The summed E-state index contributed by atoms with van der Waals surface area (Å²) in [6.45, 7) is 1.83. The zero-order valence-corrected chi connectivity index (χ0v) is 11.6. The highest BCUT2D eigenvalue weighted by molar-refractivity contribution is 6.18. The molecule has 0 unspecified atom stereocenters. The lowest BCUT2D eigenvalue weighted by atomic mass is 10.0. The molecular formula is C15H13ClF3N. The molecule has 106 valence electrons. The smallest absolute Gasteiger partial charge is 0.253 e. The van der Waals surface area contributed by atoms with Crippen molar-refractivity contribution in [3.63, 3.8) is 0 Å². The van der Waals surface area contributed by atoms with Gasteiger partial charge in [0.1, 0.15) is 0 Å². The summed E-state index contributed by atoms with van der Waals surface area (Å²) >= 11 is 5.68. The first-order chi connectivity index (χ1) is 9.41. The molecule has 2 rings (SSSR count). The van der Waals surface area contributed by atoms with Gasteiger partial charge in [0.2, 0.25) is 0 Å². The van der Waals surface area contributed by atoms with Crippen molar-refractivity contribution in [3.05, 3.63) is 53.2 Å². The third-order valence-electron chi connectivity index (χ3n) is 3.04. The molecule has 0 saturated carbocycles. The average Bonchev–Trinajstić information content (AvgIpc) is 2.40. The molecule has 5 heteroatoms. The topological polar surface area (TPSA) is 12.9 Å². The van der Waals surface area contributed by atoms with Crippen LogP contribution in [0.15, 0.2) is 36.4 Å². The van der Waals surface area contributed by atoms with Gasteiger partial charge in [0.15, 0.2) is 0 Å². The van der Waals surface area contributed by atoms with Gasteiger partial charge in [0.05, 0.1) is 11.3 Å². The summed E-state index contributed by atoms with van der Waals surface area (Å²) in [5, 5.41) is 0. The Morgan fingerprint density at radius 3 is 2.50 bits per heavy atom. The maximum Gasteiger partial charge on any atom is 0.416 e. The van der Waals surface area contributed by atoms with Gasteiger partial charge < -0.3 is 0 Å². The van der Waals surface area contributed by atoms with Crippen LogP contribution < -0.4 is 0 Å². The fourth-order valence-electron chi connectivity index (χ4n) is 1.97. The molecule has 0 radical (unpaired) electrons. The molecule has 0 aliphatic rings. The van der Waals surface area contributed by atoms with Gasteiger partial charge in [-0.15, -0.1) is 11.6 Å². The van der Waals surface area contributed by atoms with E-state index in [0.29, 0.717) is 23.6 Å². The van der Waals surface area contributed by atoms with Gasteiger partial charge in [-0.25, -0.2) is 0 Å². The number of hydrogen-bond acceptors (Lipinski definition) is 1. The lowest BCUT2D eigenvalue weighted by Crippen LogP contribution is -2.04. The molecule has 1 nitrogen and oxygen atoms in total. The van der Waals surface area contributed by atoms with Crippen LogP contribution in [-0.4, -0.2) is 10.9 Å². The zero-order chi connectivity index (χ0) is 14.8. The fraction of sp³-hybridized carbons (Fsp3) is 0.267. The predicted octanol–water partition coefficient (Wildman–Crippen LogP) is 4.86. The second kappa shape index (κ2) is 5.83. The molecule has 0 aliphatic carbocycles. The number of halogens is 4. The van der Waals surface area contributed by atoms with E-state index in [4.69, 9.17) is 11.6 Å². The standard InChI is InChI=1S/C15H13ClF3N/c1-10-11(7-8-16)5-6-14(20-10)12-3-2-4-13(9-12)15(17,18)19/h2-6,9H,7-8H2,1H3. The molecule has 0 fully saturated rings. The van der Waals surface area contributed by atoms with Crippen molar-refractivity contribution in [1.82, 2.24) is 4.98 Å². The van der Waals surface area contributed by atoms with Crippen molar-refractivity contribution in [2.75, 3.05) is 5.88 Å². The maximum absolute atomic E-state index is 12.7. The summed E-state index contributed by atoms with van der Waals surface area (Å²) in [6.07, 6.45) is -3.65. The molecule has 1 heterocycles. The molecule has 0 N–H and O–H groups in total. The number of rotatable bonds is 3. The van der Waals surface area contributed by atoms with Crippen molar-refractivity contribution in [2.45, 2.75) is 19.5 Å². The monoisotopic (exact) mass is 299 g/mol. The van der Waals surface area contributed by atoms with E-state index in [-0.39, 0.29) is 0 Å². The van der Waals surface area contributed by atoms with Gasteiger partial charge in [-0.05, 0) is 37.1 Å². The van der Waals surface area contributed by atoms with Crippen LogP contribution in [0.3, 0.4) is 0 Å². The number of aryl methyl sites for hydroxylation is 2. The van der Waals surface area contributed by atoms with E-state index in [1.807, 2.05) is 13.0 Å². The number of alkyl halides is 4. The first-order valence-corrected chi connectivity index (χ1v) is 6.65. The van der Waals surface area contributed by atoms with E-state index in [1.54, 1.807) is 12.1 Å². The van der Waals surface area contributed by atoms with Crippen LogP contribution in [0.25, 0.3) is 11.3 Å². The van der Waals surface area contributed by atoms with Crippen LogP contribution >= 0.6 is 11.6 Å². The molecule has 0 atom stereocenters. The van der Waals surface area contributed by atoms with Gasteiger partial charge in [-0.3, -0.25) is 4.98 Å². The van der Waals surface area contributed by atoms with Gasteiger partial charge in [0, 0.05) is 17.1 Å².